The minimum absolute atomic E-state index is 0.0994. The van der Waals surface area contributed by atoms with Crippen LogP contribution in [0.5, 0.6) is 0 Å². The number of nitrogens with zero attached hydrogens (tertiary/aromatic N) is 6. The van der Waals surface area contributed by atoms with Crippen molar-refractivity contribution in [3.05, 3.63) is 88.7 Å². The van der Waals surface area contributed by atoms with Crippen LogP contribution in [0.1, 0.15) is 49.9 Å². The van der Waals surface area contributed by atoms with E-state index in [0.717, 1.165) is 12.1 Å². The second-order valence-corrected chi connectivity index (χ2v) is 11.0. The van der Waals surface area contributed by atoms with Gasteiger partial charge in [0.05, 0.1) is 28.1 Å². The number of amides is 2. The number of benzene rings is 2. The molecular formula is C30H25ClF3N7O2. The third-order valence-corrected chi connectivity index (χ3v) is 8.17. The first-order chi connectivity index (χ1) is 20.7. The minimum Gasteiger partial charge on any atom is -0.330 e. The molecular weight excluding hydrogens is 583 g/mol. The maximum absolute atomic E-state index is 15.4. The molecule has 2 aliphatic heterocycles. The lowest BCUT2D eigenvalue weighted by atomic mass is 9.92. The van der Waals surface area contributed by atoms with Gasteiger partial charge in [-0.15, -0.1) is 5.10 Å². The molecule has 0 fully saturated rings. The molecule has 13 heteroatoms. The number of hydrogen-bond donors (Lipinski definition) is 1. The number of nitrogens with one attached hydrogen (secondary N) is 1. The van der Waals surface area contributed by atoms with Crippen molar-refractivity contribution < 1.29 is 22.8 Å². The van der Waals surface area contributed by atoms with Gasteiger partial charge < -0.3 is 10.2 Å². The Bertz CT molecular complexity index is 1760. The van der Waals surface area contributed by atoms with Crippen LogP contribution >= 0.6 is 11.6 Å². The molecule has 2 bridgehead atoms. The second-order valence-electron chi connectivity index (χ2n) is 10.6. The van der Waals surface area contributed by atoms with Crippen LogP contribution in [0, 0.1) is 23.4 Å². The monoisotopic (exact) mass is 607 g/mol. The summed E-state index contributed by atoms with van der Waals surface area (Å²) in [5.41, 5.74) is 2.42. The minimum atomic E-state index is -1.08. The molecule has 4 aromatic rings. The zero-order valence-electron chi connectivity index (χ0n) is 22.9. The van der Waals surface area contributed by atoms with Crippen LogP contribution in [0.15, 0.2) is 55.0 Å². The van der Waals surface area contributed by atoms with Crippen molar-refractivity contribution in [2.24, 2.45) is 5.92 Å². The van der Waals surface area contributed by atoms with Gasteiger partial charge in [-0.1, -0.05) is 24.9 Å². The predicted molar refractivity (Wildman–Crippen MR) is 152 cm³/mol. The molecule has 1 N–H and O–H groups in total. The summed E-state index contributed by atoms with van der Waals surface area (Å²) in [4.78, 5) is 32.8. The average molecular weight is 608 g/mol. The third-order valence-electron chi connectivity index (χ3n) is 7.88. The van der Waals surface area contributed by atoms with Gasteiger partial charge in [-0.05, 0) is 71.2 Å². The van der Waals surface area contributed by atoms with Gasteiger partial charge in [-0.2, -0.15) is 4.68 Å². The Hall–Kier alpha value is -4.58. The Kier molecular flexibility index (Phi) is 7.70. The van der Waals surface area contributed by atoms with E-state index in [1.54, 1.807) is 30.0 Å². The van der Waals surface area contributed by atoms with Crippen molar-refractivity contribution in [1.82, 2.24) is 30.1 Å². The van der Waals surface area contributed by atoms with E-state index in [0.29, 0.717) is 53.8 Å². The number of aromatic nitrogens is 5. The summed E-state index contributed by atoms with van der Waals surface area (Å²) in [6.45, 7) is 2.00. The van der Waals surface area contributed by atoms with Gasteiger partial charge in [0.2, 0.25) is 11.8 Å². The van der Waals surface area contributed by atoms with Crippen LogP contribution in [0.3, 0.4) is 0 Å². The van der Waals surface area contributed by atoms with Crippen molar-refractivity contribution in [3.8, 4) is 16.8 Å². The quantitative estimate of drug-likeness (QED) is 0.310. The number of carbonyl (C=O) groups excluding carboxylic acids is 2. The van der Waals surface area contributed by atoms with E-state index in [1.165, 1.54) is 29.3 Å². The molecule has 0 saturated carbocycles. The molecule has 43 heavy (non-hydrogen) atoms. The van der Waals surface area contributed by atoms with Gasteiger partial charge in [0.1, 0.15) is 6.33 Å². The highest BCUT2D eigenvalue weighted by Gasteiger charge is 2.32. The van der Waals surface area contributed by atoms with Gasteiger partial charge in [0.15, 0.2) is 17.5 Å². The fourth-order valence-electron chi connectivity index (χ4n) is 5.63. The zero-order chi connectivity index (χ0) is 30.2. The molecule has 4 heterocycles. The van der Waals surface area contributed by atoms with Crippen molar-refractivity contribution in [2.45, 2.75) is 38.6 Å². The molecule has 2 amide bonds. The Morgan fingerprint density at radius 3 is 2.63 bits per heavy atom. The number of halogens is 4. The van der Waals surface area contributed by atoms with Gasteiger partial charge in [0, 0.05) is 41.9 Å². The second kappa shape index (κ2) is 11.6. The number of rotatable bonds is 3. The summed E-state index contributed by atoms with van der Waals surface area (Å²) in [7, 11) is 0. The topological polar surface area (TPSA) is 106 Å². The molecule has 0 saturated heterocycles. The van der Waals surface area contributed by atoms with E-state index >= 15 is 4.39 Å². The van der Waals surface area contributed by atoms with Crippen LogP contribution < -0.4 is 5.32 Å². The molecule has 220 valence electrons. The molecule has 2 aliphatic rings. The number of anilines is 1. The SMILES string of the molecule is CC1CCCC(N2CCC(c3c(-n4cnnn4)ccc(Cl)c3F)=CC2=O)c2cc(ccn2)-c2cc(F)c(F)cc2NC1=O. The molecule has 0 radical (unpaired) electrons. The summed E-state index contributed by atoms with van der Waals surface area (Å²) < 4.78 is 45.2. The van der Waals surface area contributed by atoms with Crippen molar-refractivity contribution >= 4 is 34.7 Å². The third kappa shape index (κ3) is 5.50. The molecule has 0 spiro atoms. The van der Waals surface area contributed by atoms with Gasteiger partial charge >= 0.3 is 0 Å². The lowest BCUT2D eigenvalue weighted by molar-refractivity contribution is -0.129. The van der Waals surface area contributed by atoms with E-state index in [1.807, 2.05) is 0 Å². The fraction of sp³-hybridized carbons (Fsp3) is 0.267. The Morgan fingerprint density at radius 2 is 1.86 bits per heavy atom. The molecule has 2 aromatic carbocycles. The number of hydrogen-bond acceptors (Lipinski definition) is 6. The number of tetrazole rings is 1. The van der Waals surface area contributed by atoms with E-state index in [-0.39, 0.29) is 34.6 Å². The molecule has 6 rings (SSSR count). The maximum Gasteiger partial charge on any atom is 0.247 e. The highest BCUT2D eigenvalue weighted by Crippen LogP contribution is 2.38. The summed E-state index contributed by atoms with van der Waals surface area (Å²) in [6.07, 6.45) is 6.13. The van der Waals surface area contributed by atoms with Crippen LogP contribution in [-0.2, 0) is 9.59 Å². The number of fused-ring (bicyclic) bond motifs is 4. The van der Waals surface area contributed by atoms with Gasteiger partial charge in [-0.25, -0.2) is 13.2 Å². The first kappa shape index (κ1) is 28.5. The van der Waals surface area contributed by atoms with Crippen molar-refractivity contribution in [1.29, 1.82) is 0 Å². The predicted octanol–water partition coefficient (Wildman–Crippen LogP) is 5.91. The smallest absolute Gasteiger partial charge is 0.247 e. The molecule has 2 aromatic heterocycles. The zero-order valence-corrected chi connectivity index (χ0v) is 23.7. The molecule has 0 aliphatic carbocycles. The highest BCUT2D eigenvalue weighted by molar-refractivity contribution is 6.31. The van der Waals surface area contributed by atoms with E-state index in [2.05, 4.69) is 25.8 Å². The van der Waals surface area contributed by atoms with Crippen LogP contribution in [0.4, 0.5) is 18.9 Å². The highest BCUT2D eigenvalue weighted by atomic mass is 35.5. The normalized spacial score (nSPS) is 19.2. The molecule has 2 unspecified atom stereocenters. The average Bonchev–Trinajstić information content (AvgIpc) is 3.53. The standard InChI is InChI=1S/C30H25ClF3N7O2/c1-16-3-2-4-25(24-11-17(7-9-35-24)19-13-21(32)22(33)14-23(19)37-30(16)43)40-10-8-18(12-27(40)42)28-26(41-15-36-38-39-41)6-5-20(31)29(28)34/h5-7,9,11-16,25H,2-4,8,10H2,1H3,(H,37,43). The van der Waals surface area contributed by atoms with Crippen LogP contribution in [0.2, 0.25) is 5.02 Å². The van der Waals surface area contributed by atoms with E-state index < -0.39 is 29.4 Å². The summed E-state index contributed by atoms with van der Waals surface area (Å²) >= 11 is 6.12. The fourth-order valence-corrected chi connectivity index (χ4v) is 5.78. The molecule has 2 atom stereocenters. The lowest BCUT2D eigenvalue weighted by Crippen LogP contribution is -2.38. The summed E-state index contributed by atoms with van der Waals surface area (Å²) in [5.74, 6) is -3.91. The van der Waals surface area contributed by atoms with Crippen LogP contribution in [-0.4, -0.2) is 48.5 Å². The number of carbonyl (C=O) groups is 2. The van der Waals surface area contributed by atoms with Crippen molar-refractivity contribution in [2.75, 3.05) is 11.9 Å². The molecule has 9 nitrogen and oxygen atoms in total. The van der Waals surface area contributed by atoms with Crippen molar-refractivity contribution in [3.63, 3.8) is 0 Å². The Morgan fingerprint density at radius 1 is 1.05 bits per heavy atom. The lowest BCUT2D eigenvalue weighted by Gasteiger charge is -2.35. The summed E-state index contributed by atoms with van der Waals surface area (Å²) in [6, 6.07) is 7.86. The van der Waals surface area contributed by atoms with E-state index in [9.17, 15) is 18.4 Å². The Balaban J connectivity index is 1.39. The summed E-state index contributed by atoms with van der Waals surface area (Å²) in [5, 5.41) is 13.8. The maximum atomic E-state index is 15.4. The largest absolute Gasteiger partial charge is 0.330 e. The van der Waals surface area contributed by atoms with Gasteiger partial charge in [0.25, 0.3) is 0 Å². The Labute approximate surface area is 249 Å². The number of pyridine rings is 1. The first-order valence-electron chi connectivity index (χ1n) is 13.7. The van der Waals surface area contributed by atoms with Crippen LogP contribution in [0.25, 0.3) is 22.4 Å². The first-order valence-corrected chi connectivity index (χ1v) is 14.1. The van der Waals surface area contributed by atoms with Gasteiger partial charge in [-0.3, -0.25) is 14.6 Å². The van der Waals surface area contributed by atoms with E-state index in [4.69, 9.17) is 11.6 Å².